The van der Waals surface area contributed by atoms with Crippen molar-refractivity contribution in [2.24, 2.45) is 0 Å². The van der Waals surface area contributed by atoms with Gasteiger partial charge in [-0.05, 0) is 79.2 Å². The Morgan fingerprint density at radius 2 is 1.45 bits per heavy atom. The minimum atomic E-state index is -1.10. The fourth-order valence-electron chi connectivity index (χ4n) is 3.88. The molecular formula is C32H26N4O7S. The van der Waals surface area contributed by atoms with Crippen LogP contribution in [0.2, 0.25) is 0 Å². The van der Waals surface area contributed by atoms with E-state index in [-0.39, 0.29) is 22.9 Å². The zero-order chi connectivity index (χ0) is 31.6. The Morgan fingerprint density at radius 1 is 0.818 bits per heavy atom. The second-order valence-electron chi connectivity index (χ2n) is 9.34. The van der Waals surface area contributed by atoms with Crippen LogP contribution in [0.3, 0.4) is 0 Å². The minimum absolute atomic E-state index is 0.0495. The SMILES string of the molecule is CC(Sc1cccc(NC(=O)/C(=C\c2ccc([N+](=O)[O-])cc2)NC(=O)c2ccccc2)c1)C(=O)Nc1cccc(C(=O)O)c1. The summed E-state index contributed by atoms with van der Waals surface area (Å²) in [6, 6.07) is 26.5. The normalized spacial score (nSPS) is 11.6. The summed E-state index contributed by atoms with van der Waals surface area (Å²) in [4.78, 5) is 61.4. The summed E-state index contributed by atoms with van der Waals surface area (Å²) in [5.74, 6) is -2.61. The number of thioether (sulfide) groups is 1. The van der Waals surface area contributed by atoms with Crippen LogP contribution in [0, 0.1) is 10.1 Å². The van der Waals surface area contributed by atoms with Gasteiger partial charge in [0.25, 0.3) is 17.5 Å². The summed E-state index contributed by atoms with van der Waals surface area (Å²) in [5, 5.41) is 27.7. The maximum Gasteiger partial charge on any atom is 0.335 e. The number of nitro groups is 1. The maximum atomic E-state index is 13.4. The lowest BCUT2D eigenvalue weighted by atomic mass is 10.1. The number of carbonyl (C=O) groups excluding carboxylic acids is 3. The van der Waals surface area contributed by atoms with Gasteiger partial charge in [-0.25, -0.2) is 4.79 Å². The predicted octanol–water partition coefficient (Wildman–Crippen LogP) is 5.82. The first-order valence-corrected chi connectivity index (χ1v) is 14.0. The lowest BCUT2D eigenvalue weighted by Crippen LogP contribution is -2.30. The lowest BCUT2D eigenvalue weighted by molar-refractivity contribution is -0.384. The molecule has 4 aromatic rings. The first-order chi connectivity index (χ1) is 21.1. The fraction of sp³-hybridized carbons (Fsp3) is 0.0625. The molecule has 0 fully saturated rings. The number of carboxylic acids is 1. The molecule has 0 heterocycles. The number of nitro benzene ring substituents is 1. The highest BCUT2D eigenvalue weighted by atomic mass is 32.2. The Labute approximate surface area is 256 Å². The van der Waals surface area contributed by atoms with Crippen molar-refractivity contribution in [3.8, 4) is 0 Å². The molecule has 0 radical (unpaired) electrons. The van der Waals surface area contributed by atoms with Crippen LogP contribution >= 0.6 is 11.8 Å². The lowest BCUT2D eigenvalue weighted by Gasteiger charge is -2.14. The molecule has 3 amide bonds. The first kappa shape index (κ1) is 31.2. The van der Waals surface area contributed by atoms with Gasteiger partial charge in [0, 0.05) is 34.0 Å². The summed E-state index contributed by atoms with van der Waals surface area (Å²) in [5.41, 5.74) is 1.36. The molecule has 4 aromatic carbocycles. The maximum absolute atomic E-state index is 13.4. The van der Waals surface area contributed by atoms with Crippen LogP contribution < -0.4 is 16.0 Å². The van der Waals surface area contributed by atoms with E-state index in [2.05, 4.69) is 16.0 Å². The van der Waals surface area contributed by atoms with Crippen LogP contribution in [0.5, 0.6) is 0 Å². The number of carboxylic acid groups (broad SMARTS) is 1. The predicted molar refractivity (Wildman–Crippen MR) is 167 cm³/mol. The van der Waals surface area contributed by atoms with E-state index in [4.69, 9.17) is 0 Å². The molecule has 0 aliphatic rings. The zero-order valence-corrected chi connectivity index (χ0v) is 24.0. The van der Waals surface area contributed by atoms with Crippen molar-refractivity contribution >= 4 is 58.6 Å². The van der Waals surface area contributed by atoms with E-state index in [9.17, 15) is 34.4 Å². The topological polar surface area (TPSA) is 168 Å². The number of rotatable bonds is 11. The number of nitrogens with one attached hydrogen (secondary N) is 3. The van der Waals surface area contributed by atoms with E-state index >= 15 is 0 Å². The average Bonchev–Trinajstić information content (AvgIpc) is 3.01. The Bertz CT molecular complexity index is 1740. The van der Waals surface area contributed by atoms with Gasteiger partial charge in [0.05, 0.1) is 15.7 Å². The van der Waals surface area contributed by atoms with Crippen LogP contribution in [0.25, 0.3) is 6.08 Å². The molecule has 0 spiro atoms. The van der Waals surface area contributed by atoms with E-state index in [0.717, 1.165) is 0 Å². The largest absolute Gasteiger partial charge is 0.478 e. The highest BCUT2D eigenvalue weighted by Crippen LogP contribution is 2.27. The van der Waals surface area contributed by atoms with Crippen LogP contribution in [0.1, 0.15) is 33.2 Å². The minimum Gasteiger partial charge on any atom is -0.478 e. The number of carbonyl (C=O) groups is 4. The van der Waals surface area contributed by atoms with Gasteiger partial charge in [-0.1, -0.05) is 30.3 Å². The monoisotopic (exact) mass is 610 g/mol. The average molecular weight is 611 g/mol. The molecule has 0 saturated heterocycles. The number of hydrogen-bond donors (Lipinski definition) is 4. The molecule has 12 heteroatoms. The molecule has 1 atom stereocenters. The van der Waals surface area contributed by atoms with Gasteiger partial charge in [0.1, 0.15) is 5.70 Å². The Morgan fingerprint density at radius 3 is 2.11 bits per heavy atom. The van der Waals surface area contributed by atoms with Crippen molar-refractivity contribution < 1.29 is 29.2 Å². The number of aromatic carboxylic acids is 1. The number of non-ortho nitro benzene ring substituents is 1. The molecular weight excluding hydrogens is 584 g/mol. The van der Waals surface area contributed by atoms with Crippen molar-refractivity contribution in [2.45, 2.75) is 17.1 Å². The number of hydrogen-bond acceptors (Lipinski definition) is 7. The standard InChI is InChI=1S/C32H26N4O7S/c1-20(29(37)33-24-10-5-9-23(18-24)32(40)41)44-27-12-6-11-25(19-27)34-31(39)28(35-30(38)22-7-3-2-4-8-22)17-21-13-15-26(16-14-21)36(42)43/h2-20H,1H3,(H,33,37)(H,34,39)(H,35,38)(H,40,41)/b28-17+. The summed E-state index contributed by atoms with van der Waals surface area (Å²) >= 11 is 1.23. The molecule has 0 saturated carbocycles. The van der Waals surface area contributed by atoms with E-state index in [0.29, 0.717) is 27.4 Å². The van der Waals surface area contributed by atoms with Gasteiger partial charge >= 0.3 is 5.97 Å². The van der Waals surface area contributed by atoms with Gasteiger partial charge in [0.15, 0.2) is 0 Å². The highest BCUT2D eigenvalue weighted by molar-refractivity contribution is 8.00. The summed E-state index contributed by atoms with van der Waals surface area (Å²) in [7, 11) is 0. The van der Waals surface area contributed by atoms with Gasteiger partial charge in [-0.2, -0.15) is 0 Å². The van der Waals surface area contributed by atoms with E-state index < -0.39 is 28.0 Å². The molecule has 0 aliphatic heterocycles. The second-order valence-corrected chi connectivity index (χ2v) is 10.8. The van der Waals surface area contributed by atoms with Crippen LogP contribution in [-0.4, -0.2) is 39.0 Å². The van der Waals surface area contributed by atoms with Crippen molar-refractivity contribution in [1.29, 1.82) is 0 Å². The number of amides is 3. The van der Waals surface area contributed by atoms with E-state index in [1.165, 1.54) is 60.3 Å². The van der Waals surface area contributed by atoms with Crippen molar-refractivity contribution in [3.63, 3.8) is 0 Å². The molecule has 222 valence electrons. The number of nitrogens with zero attached hydrogens (tertiary/aromatic N) is 1. The van der Waals surface area contributed by atoms with Crippen molar-refractivity contribution in [3.05, 3.63) is 136 Å². The number of anilines is 2. The summed E-state index contributed by atoms with van der Waals surface area (Å²) in [6.07, 6.45) is 1.41. The van der Waals surface area contributed by atoms with E-state index in [1.54, 1.807) is 67.6 Å². The smallest absolute Gasteiger partial charge is 0.335 e. The molecule has 0 aromatic heterocycles. The molecule has 0 aliphatic carbocycles. The zero-order valence-electron chi connectivity index (χ0n) is 23.2. The molecule has 11 nitrogen and oxygen atoms in total. The van der Waals surface area contributed by atoms with Gasteiger partial charge in [-0.3, -0.25) is 24.5 Å². The van der Waals surface area contributed by atoms with Gasteiger partial charge < -0.3 is 21.1 Å². The van der Waals surface area contributed by atoms with Crippen molar-refractivity contribution in [1.82, 2.24) is 5.32 Å². The number of benzene rings is 4. The molecule has 4 N–H and O–H groups in total. The van der Waals surface area contributed by atoms with Crippen molar-refractivity contribution in [2.75, 3.05) is 10.6 Å². The van der Waals surface area contributed by atoms with Crippen LogP contribution in [-0.2, 0) is 9.59 Å². The van der Waals surface area contributed by atoms with E-state index in [1.807, 2.05) is 0 Å². The summed E-state index contributed by atoms with van der Waals surface area (Å²) in [6.45, 7) is 1.69. The molecule has 44 heavy (non-hydrogen) atoms. The quantitative estimate of drug-likeness (QED) is 0.0713. The van der Waals surface area contributed by atoms with Gasteiger partial charge in [-0.15, -0.1) is 11.8 Å². The Kier molecular flexibility index (Phi) is 10.2. The summed E-state index contributed by atoms with van der Waals surface area (Å²) < 4.78 is 0. The Hall–Kier alpha value is -5.75. The Balaban J connectivity index is 1.49. The first-order valence-electron chi connectivity index (χ1n) is 13.1. The van der Waals surface area contributed by atoms with Crippen LogP contribution in [0.4, 0.5) is 17.1 Å². The van der Waals surface area contributed by atoms with Crippen LogP contribution in [0.15, 0.2) is 114 Å². The fourth-order valence-corrected chi connectivity index (χ4v) is 4.80. The third kappa shape index (κ3) is 8.63. The third-order valence-corrected chi connectivity index (χ3v) is 7.19. The van der Waals surface area contributed by atoms with Gasteiger partial charge in [0.2, 0.25) is 5.91 Å². The highest BCUT2D eigenvalue weighted by Gasteiger charge is 2.18. The molecule has 1 unspecified atom stereocenters. The molecule has 4 rings (SSSR count). The molecule has 0 bridgehead atoms. The second kappa shape index (κ2) is 14.4. The third-order valence-electron chi connectivity index (χ3n) is 6.09.